The fraction of sp³-hybridized carbons (Fsp3) is 0. The lowest BCUT2D eigenvalue weighted by Crippen LogP contribution is -2.11. The van der Waals surface area contributed by atoms with E-state index in [1.54, 1.807) is 0 Å². The van der Waals surface area contributed by atoms with Gasteiger partial charge in [-0.1, -0.05) is 127 Å². The predicted molar refractivity (Wildman–Crippen MR) is 215 cm³/mol. The Hall–Kier alpha value is -5.74. The first-order valence-electron chi connectivity index (χ1n) is 16.6. The fourth-order valence-electron chi connectivity index (χ4n) is 7.26. The number of thiophene rings is 2. The van der Waals surface area contributed by atoms with Gasteiger partial charge in [0.05, 0.1) is 5.69 Å². The second-order valence-electron chi connectivity index (χ2n) is 12.6. The number of rotatable bonds is 5. The number of hydrogen-bond donors (Lipinski definition) is 0. The lowest BCUT2D eigenvalue weighted by atomic mass is 9.95. The quantitative estimate of drug-likeness (QED) is 0.178. The molecular weight excluding hydrogens is 631 g/mol. The minimum absolute atomic E-state index is 1.15. The zero-order chi connectivity index (χ0) is 32.3. The number of hydrogen-bond acceptors (Lipinski definition) is 3. The van der Waals surface area contributed by atoms with Crippen LogP contribution >= 0.6 is 22.7 Å². The second-order valence-corrected chi connectivity index (χ2v) is 14.7. The smallest absolute Gasteiger partial charge is 0.0546 e. The standard InChI is InChI=1S/C46H29NS2/c1-2-11-31(12-3-1)37-23-20-34(33-19-18-30-10-4-5-13-32(30)26-33)27-42(37)47(35-21-24-40-38-14-6-8-16-43(38)48-45(40)28-35)36-22-25-41-39-15-7-9-17-44(39)49-46(41)29-36/h1-29H. The average Bonchev–Trinajstić information content (AvgIpc) is 3.73. The molecule has 1 nitrogen and oxygen atoms in total. The minimum atomic E-state index is 1.15. The highest BCUT2D eigenvalue weighted by Crippen LogP contribution is 2.47. The first-order chi connectivity index (χ1) is 24.3. The highest BCUT2D eigenvalue weighted by Gasteiger charge is 2.21. The van der Waals surface area contributed by atoms with Gasteiger partial charge in [-0.15, -0.1) is 22.7 Å². The van der Waals surface area contributed by atoms with Gasteiger partial charge in [-0.05, 0) is 76.0 Å². The molecule has 0 atom stereocenters. The van der Waals surface area contributed by atoms with E-state index < -0.39 is 0 Å². The molecular formula is C46H29NS2. The molecule has 0 spiro atoms. The van der Waals surface area contributed by atoms with E-state index in [1.807, 2.05) is 22.7 Å². The number of nitrogens with zero attached hydrogens (tertiary/aromatic N) is 1. The van der Waals surface area contributed by atoms with E-state index in [1.165, 1.54) is 73.4 Å². The van der Waals surface area contributed by atoms with E-state index >= 15 is 0 Å². The lowest BCUT2D eigenvalue weighted by Gasteiger charge is -2.29. The molecule has 2 aromatic heterocycles. The molecule has 230 valence electrons. The Bertz CT molecular complexity index is 2730. The van der Waals surface area contributed by atoms with Crippen molar-refractivity contribution in [1.82, 2.24) is 0 Å². The van der Waals surface area contributed by atoms with Crippen LogP contribution in [0.15, 0.2) is 176 Å². The Labute approximate surface area is 292 Å². The summed E-state index contributed by atoms with van der Waals surface area (Å²) in [6.45, 7) is 0. The third kappa shape index (κ3) is 4.82. The molecule has 0 aliphatic rings. The maximum atomic E-state index is 2.47. The van der Waals surface area contributed by atoms with Crippen molar-refractivity contribution in [2.24, 2.45) is 0 Å². The third-order valence-corrected chi connectivity index (χ3v) is 11.9. The average molecular weight is 660 g/mol. The van der Waals surface area contributed by atoms with Crippen molar-refractivity contribution in [2.45, 2.75) is 0 Å². The fourth-order valence-corrected chi connectivity index (χ4v) is 9.54. The first-order valence-corrected chi connectivity index (χ1v) is 18.2. The van der Waals surface area contributed by atoms with Crippen LogP contribution in [0.25, 0.3) is 73.4 Å². The van der Waals surface area contributed by atoms with Crippen molar-refractivity contribution in [1.29, 1.82) is 0 Å². The van der Waals surface area contributed by atoms with Crippen LogP contribution in [0.3, 0.4) is 0 Å². The molecule has 0 bridgehead atoms. The van der Waals surface area contributed by atoms with Gasteiger partial charge < -0.3 is 4.90 Å². The molecule has 0 unspecified atom stereocenters. The number of benzene rings is 8. The molecule has 0 amide bonds. The molecule has 0 aliphatic carbocycles. The minimum Gasteiger partial charge on any atom is -0.310 e. The van der Waals surface area contributed by atoms with Crippen LogP contribution in [-0.4, -0.2) is 0 Å². The zero-order valence-corrected chi connectivity index (χ0v) is 28.1. The van der Waals surface area contributed by atoms with Gasteiger partial charge in [0.1, 0.15) is 0 Å². The van der Waals surface area contributed by atoms with E-state index in [0.717, 1.165) is 17.1 Å². The van der Waals surface area contributed by atoms with Gasteiger partial charge in [0.2, 0.25) is 0 Å². The molecule has 2 heterocycles. The van der Waals surface area contributed by atoms with Crippen LogP contribution in [0.1, 0.15) is 0 Å². The Morgan fingerprint density at radius 1 is 0.327 bits per heavy atom. The molecule has 0 saturated heterocycles. The summed E-state index contributed by atoms with van der Waals surface area (Å²) >= 11 is 3.73. The van der Waals surface area contributed by atoms with E-state index in [2.05, 4.69) is 181 Å². The van der Waals surface area contributed by atoms with Crippen molar-refractivity contribution in [3.63, 3.8) is 0 Å². The van der Waals surface area contributed by atoms with Gasteiger partial charge in [-0.25, -0.2) is 0 Å². The molecule has 8 aromatic carbocycles. The molecule has 10 aromatic rings. The zero-order valence-electron chi connectivity index (χ0n) is 26.5. The molecule has 49 heavy (non-hydrogen) atoms. The highest BCUT2D eigenvalue weighted by atomic mass is 32.1. The normalized spacial score (nSPS) is 11.7. The summed E-state index contributed by atoms with van der Waals surface area (Å²) in [6, 6.07) is 64.6. The van der Waals surface area contributed by atoms with Crippen LogP contribution in [0.5, 0.6) is 0 Å². The monoisotopic (exact) mass is 659 g/mol. The summed E-state index contributed by atoms with van der Waals surface area (Å²) in [6.07, 6.45) is 0. The molecule has 0 fully saturated rings. The van der Waals surface area contributed by atoms with Crippen LogP contribution < -0.4 is 4.90 Å². The van der Waals surface area contributed by atoms with Crippen molar-refractivity contribution >= 4 is 90.9 Å². The molecule has 0 radical (unpaired) electrons. The Morgan fingerprint density at radius 2 is 0.857 bits per heavy atom. The summed E-state index contributed by atoms with van der Waals surface area (Å²) in [7, 11) is 0. The Kier molecular flexibility index (Phi) is 6.61. The summed E-state index contributed by atoms with van der Waals surface area (Å²) in [5, 5.41) is 7.74. The van der Waals surface area contributed by atoms with E-state index in [4.69, 9.17) is 0 Å². The molecule has 0 aliphatic heterocycles. The second kappa shape index (κ2) is 11.5. The topological polar surface area (TPSA) is 3.24 Å². The van der Waals surface area contributed by atoms with Crippen LogP contribution in [-0.2, 0) is 0 Å². The van der Waals surface area contributed by atoms with Crippen molar-refractivity contribution in [3.05, 3.63) is 176 Å². The van der Waals surface area contributed by atoms with Gasteiger partial charge in [0.25, 0.3) is 0 Å². The van der Waals surface area contributed by atoms with Crippen molar-refractivity contribution < 1.29 is 0 Å². The molecule has 10 rings (SSSR count). The van der Waals surface area contributed by atoms with Gasteiger partial charge in [-0.2, -0.15) is 0 Å². The number of anilines is 3. The van der Waals surface area contributed by atoms with Gasteiger partial charge >= 0.3 is 0 Å². The third-order valence-electron chi connectivity index (χ3n) is 9.65. The van der Waals surface area contributed by atoms with Crippen LogP contribution in [0.4, 0.5) is 17.1 Å². The van der Waals surface area contributed by atoms with Gasteiger partial charge in [0.15, 0.2) is 0 Å². The Balaban J connectivity index is 1.24. The van der Waals surface area contributed by atoms with Gasteiger partial charge in [0, 0.05) is 57.3 Å². The first kappa shape index (κ1) is 28.3. The maximum absolute atomic E-state index is 2.47. The summed E-state index contributed by atoms with van der Waals surface area (Å²) in [5.74, 6) is 0. The highest BCUT2D eigenvalue weighted by molar-refractivity contribution is 7.26. The van der Waals surface area contributed by atoms with Crippen molar-refractivity contribution in [2.75, 3.05) is 4.90 Å². The number of fused-ring (bicyclic) bond motifs is 7. The summed E-state index contributed by atoms with van der Waals surface area (Å²) in [5.41, 5.74) is 8.23. The van der Waals surface area contributed by atoms with Crippen molar-refractivity contribution in [3.8, 4) is 22.3 Å². The van der Waals surface area contributed by atoms with Crippen LogP contribution in [0, 0.1) is 0 Å². The van der Waals surface area contributed by atoms with Gasteiger partial charge in [-0.3, -0.25) is 0 Å². The maximum Gasteiger partial charge on any atom is 0.0546 e. The largest absolute Gasteiger partial charge is 0.310 e. The van der Waals surface area contributed by atoms with E-state index in [-0.39, 0.29) is 0 Å². The van der Waals surface area contributed by atoms with Crippen LogP contribution in [0.2, 0.25) is 0 Å². The molecule has 0 N–H and O–H groups in total. The van der Waals surface area contributed by atoms with E-state index in [0.29, 0.717) is 0 Å². The predicted octanol–water partition coefficient (Wildman–Crippen LogP) is 14.4. The molecule has 3 heteroatoms. The SMILES string of the molecule is c1ccc(-c2ccc(-c3ccc4ccccc4c3)cc2N(c2ccc3c(c2)sc2ccccc23)c2ccc3c(c2)sc2ccccc23)cc1. The molecule has 0 saturated carbocycles. The summed E-state index contributed by atoms with van der Waals surface area (Å²) < 4.78 is 5.21. The van der Waals surface area contributed by atoms with E-state index in [9.17, 15) is 0 Å². The lowest BCUT2D eigenvalue weighted by molar-refractivity contribution is 1.30. The summed E-state index contributed by atoms with van der Waals surface area (Å²) in [4.78, 5) is 2.47. The Morgan fingerprint density at radius 3 is 1.53 bits per heavy atom.